The molecule has 13 nitrogen and oxygen atoms in total. The number of benzene rings is 3. The van der Waals surface area contributed by atoms with Crippen molar-refractivity contribution in [3.63, 3.8) is 0 Å². The van der Waals surface area contributed by atoms with E-state index in [1.165, 1.54) is 22.6 Å². The van der Waals surface area contributed by atoms with Gasteiger partial charge in [-0.2, -0.15) is 0 Å². The van der Waals surface area contributed by atoms with Gasteiger partial charge in [0.1, 0.15) is 0 Å². The van der Waals surface area contributed by atoms with Crippen molar-refractivity contribution in [3.8, 4) is 0 Å². The number of aryl methyl sites for hydroxylation is 1. The Labute approximate surface area is 262 Å². The van der Waals surface area contributed by atoms with Crippen LogP contribution in [0.1, 0.15) is 54.1 Å². The summed E-state index contributed by atoms with van der Waals surface area (Å²) in [5.74, 6) is 5.43. The molecule has 0 spiro atoms. The number of carbonyl (C=O) groups excluding carboxylic acids is 3. The van der Waals surface area contributed by atoms with E-state index in [9.17, 15) is 24.5 Å². The number of hydrogen-bond donors (Lipinski definition) is 2. The van der Waals surface area contributed by atoms with Crippen LogP contribution < -0.4 is 11.2 Å². The first-order chi connectivity index (χ1) is 21.8. The summed E-state index contributed by atoms with van der Waals surface area (Å²) in [5.41, 5.74) is 3.09. The number of unbranched alkanes of at least 4 members (excludes halogenated alkanes) is 3. The molecule has 0 aliphatic carbocycles. The summed E-state index contributed by atoms with van der Waals surface area (Å²) >= 11 is 0.959. The number of nitro benzene ring substituents is 1. The number of nitrogens with zero attached hydrogens (tertiary/aromatic N) is 5. The van der Waals surface area contributed by atoms with Gasteiger partial charge in [0.25, 0.3) is 17.1 Å². The predicted octanol–water partition coefficient (Wildman–Crippen LogP) is 6.05. The maximum absolute atomic E-state index is 13.2. The minimum absolute atomic E-state index is 0.0129. The van der Waals surface area contributed by atoms with Crippen molar-refractivity contribution < 1.29 is 23.9 Å². The molecule has 45 heavy (non-hydrogen) atoms. The van der Waals surface area contributed by atoms with Gasteiger partial charge in [0.05, 0.1) is 26.8 Å². The Morgan fingerprint density at radius 3 is 2.51 bits per heavy atom. The molecule has 0 saturated carbocycles. The summed E-state index contributed by atoms with van der Waals surface area (Å²) in [4.78, 5) is 50.9. The lowest BCUT2D eigenvalue weighted by molar-refractivity contribution is -0.383. The lowest BCUT2D eigenvalue weighted by Gasteiger charge is -2.19. The molecule has 14 heteroatoms. The van der Waals surface area contributed by atoms with Gasteiger partial charge in [-0.15, -0.1) is 0 Å². The summed E-state index contributed by atoms with van der Waals surface area (Å²) in [6.07, 6.45) is 5.45. The smallest absolute Gasteiger partial charge is 0.300 e. The molecule has 0 radical (unpaired) electrons. The van der Waals surface area contributed by atoms with Crippen LogP contribution in [-0.2, 0) is 11.2 Å². The third-order valence-electron chi connectivity index (χ3n) is 7.37. The van der Waals surface area contributed by atoms with Crippen LogP contribution in [0, 0.1) is 10.1 Å². The number of nitrogens with one attached hydrogen (secondary N) is 1. The predicted molar refractivity (Wildman–Crippen MR) is 170 cm³/mol. The van der Waals surface area contributed by atoms with Crippen molar-refractivity contribution >= 4 is 63.0 Å². The quantitative estimate of drug-likeness (QED) is 0.0439. The van der Waals surface area contributed by atoms with Gasteiger partial charge >= 0.3 is 5.69 Å². The van der Waals surface area contributed by atoms with Gasteiger partial charge < -0.3 is 5.32 Å². The third-order valence-corrected chi connectivity index (χ3v) is 8.28. The second kappa shape index (κ2) is 14.1. The van der Waals surface area contributed by atoms with E-state index in [0.717, 1.165) is 41.6 Å². The number of para-hydroxylation sites is 1. The number of non-ortho nitro benzene ring substituents is 1. The Morgan fingerprint density at radius 1 is 1.02 bits per heavy atom. The minimum atomic E-state index is -0.577. The zero-order valence-corrected chi connectivity index (χ0v) is 25.3. The highest BCUT2D eigenvalue weighted by molar-refractivity contribution is 8.18. The van der Waals surface area contributed by atoms with E-state index in [1.807, 2.05) is 24.3 Å². The van der Waals surface area contributed by atoms with Crippen molar-refractivity contribution in [2.45, 2.75) is 39.0 Å². The number of carbonyl (C=O) groups is 3. The molecule has 3 amide bonds. The summed E-state index contributed by atoms with van der Waals surface area (Å²) in [6, 6.07) is 17.4. The molecule has 5 rings (SSSR count). The SMILES string of the molecule is CCc1ccc(/C=C2\SC(=O)N(CCCCCCN(N)C(=O)c3ccccc3Nc3ccc([N+](=O)[O-])c4nonc34)C2=O)cc1. The number of aromatic nitrogens is 2. The van der Waals surface area contributed by atoms with Crippen LogP contribution in [0.3, 0.4) is 0 Å². The lowest BCUT2D eigenvalue weighted by Crippen LogP contribution is -2.38. The van der Waals surface area contributed by atoms with E-state index in [1.54, 1.807) is 30.3 Å². The normalized spacial score (nSPS) is 14.0. The van der Waals surface area contributed by atoms with Crippen LogP contribution in [0.4, 0.5) is 21.9 Å². The average molecular weight is 630 g/mol. The number of nitrogens with two attached hydrogens (primary N) is 1. The van der Waals surface area contributed by atoms with E-state index < -0.39 is 10.8 Å². The largest absolute Gasteiger partial charge is 0.353 e. The maximum Gasteiger partial charge on any atom is 0.300 e. The molecule has 1 saturated heterocycles. The molecule has 1 aliphatic rings. The van der Waals surface area contributed by atoms with E-state index in [0.29, 0.717) is 47.8 Å². The van der Waals surface area contributed by atoms with Gasteiger partial charge in [0.15, 0.2) is 5.52 Å². The van der Waals surface area contributed by atoms with Gasteiger partial charge in [-0.1, -0.05) is 56.2 Å². The Morgan fingerprint density at radius 2 is 1.76 bits per heavy atom. The Hall–Kier alpha value is -5.08. The first-order valence-electron chi connectivity index (χ1n) is 14.4. The molecule has 0 bridgehead atoms. The Bertz CT molecular complexity index is 1770. The van der Waals surface area contributed by atoms with E-state index in [4.69, 9.17) is 10.5 Å². The van der Waals surface area contributed by atoms with Crippen molar-refractivity contribution in [2.24, 2.45) is 5.84 Å². The minimum Gasteiger partial charge on any atom is -0.353 e. The number of thioether (sulfide) groups is 1. The molecule has 2 heterocycles. The highest BCUT2D eigenvalue weighted by Gasteiger charge is 2.34. The molecule has 0 atom stereocenters. The first-order valence-corrected chi connectivity index (χ1v) is 15.2. The molecule has 1 aromatic heterocycles. The Kier molecular flexibility index (Phi) is 9.85. The van der Waals surface area contributed by atoms with Crippen LogP contribution in [-0.4, -0.2) is 55.3 Å². The summed E-state index contributed by atoms with van der Waals surface area (Å²) < 4.78 is 4.72. The summed E-state index contributed by atoms with van der Waals surface area (Å²) in [6.45, 7) is 2.70. The van der Waals surface area contributed by atoms with Crippen LogP contribution in [0.25, 0.3) is 17.1 Å². The number of hydrazine groups is 1. The molecule has 1 fully saturated rings. The molecule has 3 aromatic carbocycles. The number of amides is 3. The molecule has 232 valence electrons. The topological polar surface area (TPSA) is 178 Å². The number of anilines is 2. The van der Waals surface area contributed by atoms with Gasteiger partial charge in [-0.3, -0.25) is 34.4 Å². The van der Waals surface area contributed by atoms with Gasteiger partial charge in [-0.25, -0.2) is 10.5 Å². The second-order valence-corrected chi connectivity index (χ2v) is 11.4. The van der Waals surface area contributed by atoms with Gasteiger partial charge in [-0.05, 0) is 76.7 Å². The first kappa shape index (κ1) is 31.3. The average Bonchev–Trinajstić information content (AvgIpc) is 3.64. The Balaban J connectivity index is 1.10. The number of hydrogen-bond acceptors (Lipinski definition) is 11. The van der Waals surface area contributed by atoms with E-state index in [-0.39, 0.29) is 27.9 Å². The number of imide groups is 1. The molecule has 4 aromatic rings. The zero-order valence-electron chi connectivity index (χ0n) is 24.5. The van der Waals surface area contributed by atoms with Crippen molar-refractivity contribution in [2.75, 3.05) is 18.4 Å². The van der Waals surface area contributed by atoms with Crippen LogP contribution in [0.15, 0.2) is 70.2 Å². The van der Waals surface area contributed by atoms with Crippen LogP contribution in [0.5, 0.6) is 0 Å². The lowest BCUT2D eigenvalue weighted by atomic mass is 10.1. The van der Waals surface area contributed by atoms with Crippen LogP contribution >= 0.6 is 11.8 Å². The fourth-order valence-electron chi connectivity index (χ4n) is 4.88. The van der Waals surface area contributed by atoms with Gasteiger partial charge in [0.2, 0.25) is 5.52 Å². The molecule has 1 aliphatic heterocycles. The molecule has 0 unspecified atom stereocenters. The zero-order chi connectivity index (χ0) is 31.9. The van der Waals surface area contributed by atoms with Crippen molar-refractivity contribution in [3.05, 3.63) is 92.4 Å². The molecule has 3 N–H and O–H groups in total. The standard InChI is InChI=1S/C31H31N7O6S/c1-2-20-11-13-21(14-12-20)19-26-30(40)36(31(41)45-26)17-7-3-4-8-18-37(32)29(39)22-9-5-6-10-23(22)33-24-15-16-25(38(42)43)28-27(24)34-44-35-28/h5-6,9-16,19,33H,2-4,7-8,17-18,32H2,1H3/b26-19-. The van der Waals surface area contributed by atoms with Gasteiger partial charge in [0, 0.05) is 19.2 Å². The third kappa shape index (κ3) is 7.19. The van der Waals surface area contributed by atoms with Crippen molar-refractivity contribution in [1.82, 2.24) is 20.2 Å². The van der Waals surface area contributed by atoms with E-state index in [2.05, 4.69) is 22.6 Å². The highest BCUT2D eigenvalue weighted by Crippen LogP contribution is 2.33. The highest BCUT2D eigenvalue weighted by atomic mass is 32.2. The molecular weight excluding hydrogens is 598 g/mol. The number of fused-ring (bicyclic) bond motifs is 1. The van der Waals surface area contributed by atoms with E-state index >= 15 is 0 Å². The monoisotopic (exact) mass is 629 g/mol. The maximum atomic E-state index is 13.2. The van der Waals surface area contributed by atoms with Crippen molar-refractivity contribution in [1.29, 1.82) is 0 Å². The van der Waals surface area contributed by atoms with Crippen LogP contribution in [0.2, 0.25) is 0 Å². The number of rotatable bonds is 13. The summed E-state index contributed by atoms with van der Waals surface area (Å²) in [5, 5.41) is 22.7. The fourth-order valence-corrected chi connectivity index (χ4v) is 5.75. The fraction of sp³-hybridized carbons (Fsp3) is 0.258. The number of nitro groups is 1. The second-order valence-electron chi connectivity index (χ2n) is 10.4. The summed E-state index contributed by atoms with van der Waals surface area (Å²) in [7, 11) is 0. The molecular formula is C31H31N7O6S.